The Hall–Kier alpha value is -3.33. The minimum absolute atomic E-state index is 0.0751. The molecule has 0 unspecified atom stereocenters. The van der Waals surface area contributed by atoms with Gasteiger partial charge in [0.25, 0.3) is 0 Å². The van der Waals surface area contributed by atoms with E-state index in [0.29, 0.717) is 18.8 Å². The third kappa shape index (κ3) is 7.59. The smallest absolute Gasteiger partial charge is 0.418 e. The third-order valence-electron chi connectivity index (χ3n) is 4.63. The van der Waals surface area contributed by atoms with Crippen LogP contribution in [-0.4, -0.2) is 35.0 Å². The Kier molecular flexibility index (Phi) is 9.39. The molecule has 0 aromatic heterocycles. The number of ether oxygens (including phenoxy) is 1. The average Bonchev–Trinajstić information content (AvgIpc) is 2.76. The molecule has 0 aliphatic carbocycles. The molecule has 0 saturated carbocycles. The molecule has 0 aliphatic heterocycles. The molecule has 0 aliphatic rings. The SMILES string of the molecule is CC(C)CCN(C(=O)OCc1ccccc1)C(=O)N(C#N)CCCc1ccccc1. The summed E-state index contributed by atoms with van der Waals surface area (Å²) in [4.78, 5) is 27.6. The number of urea groups is 1. The van der Waals surface area contributed by atoms with Gasteiger partial charge in [0.15, 0.2) is 6.19 Å². The maximum Gasteiger partial charge on any atom is 0.418 e. The second-order valence-electron chi connectivity index (χ2n) is 7.50. The van der Waals surface area contributed by atoms with Crippen molar-refractivity contribution in [2.45, 2.75) is 39.7 Å². The zero-order chi connectivity index (χ0) is 21.8. The lowest BCUT2D eigenvalue weighted by Crippen LogP contribution is -2.45. The number of rotatable bonds is 9. The molecule has 0 radical (unpaired) electrons. The molecule has 3 amide bonds. The maximum atomic E-state index is 12.9. The van der Waals surface area contributed by atoms with E-state index in [-0.39, 0.29) is 19.7 Å². The van der Waals surface area contributed by atoms with Crippen LogP contribution < -0.4 is 0 Å². The molecule has 0 saturated heterocycles. The van der Waals surface area contributed by atoms with Gasteiger partial charge >= 0.3 is 12.1 Å². The molecule has 6 nitrogen and oxygen atoms in total. The molecule has 0 heterocycles. The van der Waals surface area contributed by atoms with E-state index >= 15 is 0 Å². The molecule has 0 bridgehead atoms. The van der Waals surface area contributed by atoms with Crippen molar-refractivity contribution in [3.05, 3.63) is 71.8 Å². The second-order valence-corrected chi connectivity index (χ2v) is 7.50. The van der Waals surface area contributed by atoms with Gasteiger partial charge in [0, 0.05) is 13.1 Å². The van der Waals surface area contributed by atoms with Crippen LogP contribution in [0.15, 0.2) is 60.7 Å². The number of hydrogen-bond acceptors (Lipinski definition) is 4. The summed E-state index contributed by atoms with van der Waals surface area (Å²) in [5.74, 6) is 0.302. The fourth-order valence-corrected chi connectivity index (χ4v) is 2.87. The Bertz CT molecular complexity index is 832. The number of imide groups is 1. The highest BCUT2D eigenvalue weighted by Gasteiger charge is 2.28. The molecule has 30 heavy (non-hydrogen) atoms. The highest BCUT2D eigenvalue weighted by molar-refractivity contribution is 5.91. The van der Waals surface area contributed by atoms with Gasteiger partial charge in [-0.15, -0.1) is 0 Å². The number of hydrogen-bond donors (Lipinski definition) is 0. The van der Waals surface area contributed by atoms with Gasteiger partial charge in [0.2, 0.25) is 0 Å². The summed E-state index contributed by atoms with van der Waals surface area (Å²) in [6, 6.07) is 18.5. The zero-order valence-electron chi connectivity index (χ0n) is 17.7. The lowest BCUT2D eigenvalue weighted by atomic mass is 10.1. The van der Waals surface area contributed by atoms with Crippen LogP contribution in [0.3, 0.4) is 0 Å². The molecular weight excluding hydrogens is 378 g/mol. The zero-order valence-corrected chi connectivity index (χ0v) is 17.7. The van der Waals surface area contributed by atoms with E-state index in [1.54, 1.807) is 0 Å². The van der Waals surface area contributed by atoms with Gasteiger partial charge in [-0.2, -0.15) is 5.26 Å². The lowest BCUT2D eigenvalue weighted by Gasteiger charge is -2.25. The standard InChI is InChI=1S/C24H29N3O3/c1-20(2)15-17-27(24(29)30-18-22-12-7-4-8-13-22)23(28)26(19-25)16-9-14-21-10-5-3-6-11-21/h3-8,10-13,20H,9,14-18H2,1-2H3. The molecule has 158 valence electrons. The highest BCUT2D eigenvalue weighted by atomic mass is 16.6. The number of amides is 3. The van der Waals surface area contributed by atoms with E-state index in [4.69, 9.17) is 4.74 Å². The summed E-state index contributed by atoms with van der Waals surface area (Å²) in [6.45, 7) is 4.56. The van der Waals surface area contributed by atoms with Gasteiger partial charge in [0.05, 0.1) is 0 Å². The van der Waals surface area contributed by atoms with Crippen molar-refractivity contribution in [3.8, 4) is 6.19 Å². The van der Waals surface area contributed by atoms with Crippen molar-refractivity contribution >= 4 is 12.1 Å². The van der Waals surface area contributed by atoms with Crippen LogP contribution in [0.1, 0.15) is 37.8 Å². The van der Waals surface area contributed by atoms with E-state index in [1.165, 1.54) is 0 Å². The summed E-state index contributed by atoms with van der Waals surface area (Å²) in [5, 5.41) is 9.49. The summed E-state index contributed by atoms with van der Waals surface area (Å²) in [6.07, 6.45) is 3.20. The highest BCUT2D eigenvalue weighted by Crippen LogP contribution is 2.11. The predicted molar refractivity (Wildman–Crippen MR) is 115 cm³/mol. The first-order valence-corrected chi connectivity index (χ1v) is 10.2. The largest absolute Gasteiger partial charge is 0.444 e. The van der Waals surface area contributed by atoms with Gasteiger partial charge < -0.3 is 4.74 Å². The van der Waals surface area contributed by atoms with Crippen molar-refractivity contribution < 1.29 is 14.3 Å². The minimum Gasteiger partial charge on any atom is -0.444 e. The van der Waals surface area contributed by atoms with Gasteiger partial charge in [0.1, 0.15) is 6.61 Å². The number of aryl methyl sites for hydroxylation is 1. The topological polar surface area (TPSA) is 73.6 Å². The fourth-order valence-electron chi connectivity index (χ4n) is 2.87. The predicted octanol–water partition coefficient (Wildman–Crippen LogP) is 5.21. The van der Waals surface area contributed by atoms with E-state index in [0.717, 1.165) is 27.3 Å². The third-order valence-corrected chi connectivity index (χ3v) is 4.63. The van der Waals surface area contributed by atoms with Crippen LogP contribution in [0.2, 0.25) is 0 Å². The normalized spacial score (nSPS) is 10.3. The minimum atomic E-state index is -0.729. The number of nitrogens with zero attached hydrogens (tertiary/aromatic N) is 3. The molecule has 0 spiro atoms. The summed E-state index contributed by atoms with van der Waals surface area (Å²) in [7, 11) is 0. The van der Waals surface area contributed by atoms with Crippen molar-refractivity contribution in [2.75, 3.05) is 13.1 Å². The number of nitriles is 1. The van der Waals surface area contributed by atoms with Crippen LogP contribution >= 0.6 is 0 Å². The van der Waals surface area contributed by atoms with Gasteiger partial charge in [-0.05, 0) is 36.3 Å². The quantitative estimate of drug-likeness (QED) is 0.423. The molecule has 2 aromatic rings. The average molecular weight is 408 g/mol. The van der Waals surface area contributed by atoms with Gasteiger partial charge in [-0.1, -0.05) is 74.5 Å². The Morgan fingerprint density at radius 3 is 2.13 bits per heavy atom. The van der Waals surface area contributed by atoms with Crippen molar-refractivity contribution in [1.82, 2.24) is 9.80 Å². The first-order valence-electron chi connectivity index (χ1n) is 10.2. The van der Waals surface area contributed by atoms with Gasteiger partial charge in [-0.3, -0.25) is 0 Å². The number of carbonyl (C=O) groups is 2. The van der Waals surface area contributed by atoms with Crippen LogP contribution in [-0.2, 0) is 17.8 Å². The van der Waals surface area contributed by atoms with E-state index in [9.17, 15) is 14.9 Å². The van der Waals surface area contributed by atoms with Crippen LogP contribution in [0.4, 0.5) is 9.59 Å². The number of carbonyl (C=O) groups excluding carboxylic acids is 2. The summed E-state index contributed by atoms with van der Waals surface area (Å²) < 4.78 is 5.34. The molecular formula is C24H29N3O3. The molecule has 2 aromatic carbocycles. The summed E-state index contributed by atoms with van der Waals surface area (Å²) >= 11 is 0. The fraction of sp³-hybridized carbons (Fsp3) is 0.375. The van der Waals surface area contributed by atoms with Crippen LogP contribution in [0, 0.1) is 17.4 Å². The second kappa shape index (κ2) is 12.3. The maximum absolute atomic E-state index is 12.9. The van der Waals surface area contributed by atoms with Crippen molar-refractivity contribution in [2.24, 2.45) is 5.92 Å². The molecule has 0 N–H and O–H groups in total. The summed E-state index contributed by atoms with van der Waals surface area (Å²) in [5.41, 5.74) is 1.98. The molecule has 6 heteroatoms. The molecule has 0 atom stereocenters. The Morgan fingerprint density at radius 2 is 1.57 bits per heavy atom. The first-order chi connectivity index (χ1) is 14.5. The number of benzene rings is 2. The Balaban J connectivity index is 1.98. The van der Waals surface area contributed by atoms with E-state index in [2.05, 4.69) is 0 Å². The van der Waals surface area contributed by atoms with Gasteiger partial charge in [-0.25, -0.2) is 19.4 Å². The lowest BCUT2D eigenvalue weighted by molar-refractivity contribution is 0.0963. The molecule has 0 fully saturated rings. The van der Waals surface area contributed by atoms with Crippen molar-refractivity contribution in [3.63, 3.8) is 0 Å². The Labute approximate surface area is 178 Å². The Morgan fingerprint density at radius 1 is 0.967 bits per heavy atom. The van der Waals surface area contributed by atoms with E-state index < -0.39 is 12.1 Å². The van der Waals surface area contributed by atoms with Crippen molar-refractivity contribution in [1.29, 1.82) is 5.26 Å². The first kappa shape index (κ1) is 23.0. The molecule has 2 rings (SSSR count). The van der Waals surface area contributed by atoms with Crippen LogP contribution in [0.25, 0.3) is 0 Å². The van der Waals surface area contributed by atoms with Crippen LogP contribution in [0.5, 0.6) is 0 Å². The monoisotopic (exact) mass is 407 g/mol. The van der Waals surface area contributed by atoms with E-state index in [1.807, 2.05) is 80.7 Å².